The van der Waals surface area contributed by atoms with Crippen LogP contribution in [0.1, 0.15) is 15.9 Å². The SMILES string of the molecule is Cc1ccncc1NC(=O)Nc1ccc(C(=O)O)cc1F. The number of amides is 2. The first-order chi connectivity index (χ1) is 9.97. The van der Waals surface area contributed by atoms with Gasteiger partial charge in [-0.3, -0.25) is 4.98 Å². The van der Waals surface area contributed by atoms with Gasteiger partial charge in [0.15, 0.2) is 0 Å². The lowest BCUT2D eigenvalue weighted by Crippen LogP contribution is -2.20. The van der Waals surface area contributed by atoms with Gasteiger partial charge in [0.2, 0.25) is 0 Å². The molecule has 0 fully saturated rings. The third-order valence-corrected chi connectivity index (χ3v) is 2.75. The van der Waals surface area contributed by atoms with Crippen molar-refractivity contribution in [2.75, 3.05) is 10.6 Å². The lowest BCUT2D eigenvalue weighted by molar-refractivity contribution is 0.0696. The van der Waals surface area contributed by atoms with Crippen molar-refractivity contribution in [1.82, 2.24) is 4.98 Å². The van der Waals surface area contributed by atoms with E-state index >= 15 is 0 Å². The van der Waals surface area contributed by atoms with Gasteiger partial charge in [-0.1, -0.05) is 0 Å². The summed E-state index contributed by atoms with van der Waals surface area (Å²) in [5, 5.41) is 13.6. The molecule has 1 aromatic carbocycles. The number of hydrogen-bond acceptors (Lipinski definition) is 3. The number of aryl methyl sites for hydroxylation is 1. The van der Waals surface area contributed by atoms with E-state index < -0.39 is 17.8 Å². The lowest BCUT2D eigenvalue weighted by Gasteiger charge is -2.10. The largest absolute Gasteiger partial charge is 0.478 e. The fraction of sp³-hybridized carbons (Fsp3) is 0.0714. The predicted molar refractivity (Wildman–Crippen MR) is 75.0 cm³/mol. The predicted octanol–water partition coefficient (Wildman–Crippen LogP) is 2.87. The maximum atomic E-state index is 13.7. The average molecular weight is 289 g/mol. The van der Waals surface area contributed by atoms with Gasteiger partial charge in [-0.2, -0.15) is 0 Å². The number of carboxylic acids is 1. The summed E-state index contributed by atoms with van der Waals surface area (Å²) in [5.41, 5.74) is 1.00. The number of nitrogens with zero attached hydrogens (tertiary/aromatic N) is 1. The van der Waals surface area contributed by atoms with Gasteiger partial charge in [0, 0.05) is 6.20 Å². The van der Waals surface area contributed by atoms with Crippen molar-refractivity contribution in [2.24, 2.45) is 0 Å². The molecule has 0 radical (unpaired) electrons. The molecule has 0 aliphatic rings. The van der Waals surface area contributed by atoms with Gasteiger partial charge in [0.05, 0.1) is 23.1 Å². The van der Waals surface area contributed by atoms with Gasteiger partial charge in [0.1, 0.15) is 5.82 Å². The zero-order chi connectivity index (χ0) is 15.4. The van der Waals surface area contributed by atoms with Crippen LogP contribution in [0.3, 0.4) is 0 Å². The monoisotopic (exact) mass is 289 g/mol. The number of aromatic carboxylic acids is 1. The average Bonchev–Trinajstić information content (AvgIpc) is 2.43. The Balaban J connectivity index is 2.10. The Morgan fingerprint density at radius 1 is 1.19 bits per heavy atom. The second-order valence-electron chi connectivity index (χ2n) is 4.27. The molecule has 6 nitrogen and oxygen atoms in total. The molecule has 0 saturated carbocycles. The first-order valence-corrected chi connectivity index (χ1v) is 5.99. The Hall–Kier alpha value is -2.96. The molecule has 2 aromatic rings. The van der Waals surface area contributed by atoms with Gasteiger partial charge in [-0.15, -0.1) is 0 Å². The number of carboxylic acid groups (broad SMARTS) is 1. The summed E-state index contributed by atoms with van der Waals surface area (Å²) < 4.78 is 13.7. The van der Waals surface area contributed by atoms with Gasteiger partial charge >= 0.3 is 12.0 Å². The third kappa shape index (κ3) is 3.53. The van der Waals surface area contributed by atoms with Crippen LogP contribution in [0.25, 0.3) is 0 Å². The maximum Gasteiger partial charge on any atom is 0.335 e. The smallest absolute Gasteiger partial charge is 0.335 e. The molecule has 108 valence electrons. The minimum Gasteiger partial charge on any atom is -0.478 e. The van der Waals surface area contributed by atoms with Crippen LogP contribution in [0.5, 0.6) is 0 Å². The van der Waals surface area contributed by atoms with Crippen molar-refractivity contribution in [1.29, 1.82) is 0 Å². The Kier molecular flexibility index (Phi) is 4.13. The van der Waals surface area contributed by atoms with Gasteiger partial charge in [-0.25, -0.2) is 14.0 Å². The number of aromatic nitrogens is 1. The zero-order valence-electron chi connectivity index (χ0n) is 11.1. The third-order valence-electron chi connectivity index (χ3n) is 2.75. The van der Waals surface area contributed by atoms with Crippen LogP contribution >= 0.6 is 0 Å². The molecule has 0 atom stereocenters. The van der Waals surface area contributed by atoms with Crippen LogP contribution in [0.15, 0.2) is 36.7 Å². The summed E-state index contributed by atoms with van der Waals surface area (Å²) in [6.07, 6.45) is 3.06. The number of nitrogens with one attached hydrogen (secondary N) is 2. The summed E-state index contributed by atoms with van der Waals surface area (Å²) in [4.78, 5) is 26.3. The molecule has 0 saturated heterocycles. The molecule has 1 aromatic heterocycles. The summed E-state index contributed by atoms with van der Waals surface area (Å²) in [5.74, 6) is -2.07. The molecular formula is C14H12FN3O3. The van der Waals surface area contributed by atoms with E-state index in [4.69, 9.17) is 5.11 Å². The molecule has 7 heteroatoms. The fourth-order valence-electron chi connectivity index (χ4n) is 1.62. The number of anilines is 2. The highest BCUT2D eigenvalue weighted by molar-refractivity contribution is 6.00. The molecule has 0 bridgehead atoms. The van der Waals surface area contributed by atoms with Crippen molar-refractivity contribution >= 4 is 23.4 Å². The van der Waals surface area contributed by atoms with Crippen LogP contribution in [-0.4, -0.2) is 22.1 Å². The quantitative estimate of drug-likeness (QED) is 0.810. The van der Waals surface area contributed by atoms with E-state index in [0.717, 1.165) is 11.6 Å². The number of benzene rings is 1. The molecule has 0 unspecified atom stereocenters. The number of pyridine rings is 1. The maximum absolute atomic E-state index is 13.7. The van der Waals surface area contributed by atoms with E-state index in [1.165, 1.54) is 18.3 Å². The number of urea groups is 1. The van der Waals surface area contributed by atoms with Crippen LogP contribution < -0.4 is 10.6 Å². The highest BCUT2D eigenvalue weighted by Gasteiger charge is 2.11. The Morgan fingerprint density at radius 2 is 1.90 bits per heavy atom. The molecule has 1 heterocycles. The van der Waals surface area contributed by atoms with Crippen LogP contribution in [0, 0.1) is 12.7 Å². The number of rotatable bonds is 3. The van der Waals surface area contributed by atoms with E-state index in [1.54, 1.807) is 19.2 Å². The van der Waals surface area contributed by atoms with Crippen LogP contribution in [0.4, 0.5) is 20.6 Å². The zero-order valence-corrected chi connectivity index (χ0v) is 11.1. The van der Waals surface area contributed by atoms with Crippen molar-refractivity contribution in [3.8, 4) is 0 Å². The van der Waals surface area contributed by atoms with Gasteiger partial charge in [-0.05, 0) is 36.8 Å². The second-order valence-corrected chi connectivity index (χ2v) is 4.27. The van der Waals surface area contributed by atoms with Crippen LogP contribution in [-0.2, 0) is 0 Å². The summed E-state index contributed by atoms with van der Waals surface area (Å²) in [7, 11) is 0. The number of carbonyl (C=O) groups is 2. The molecule has 0 aliphatic carbocycles. The first-order valence-electron chi connectivity index (χ1n) is 5.99. The number of carbonyl (C=O) groups excluding carboxylic acids is 1. The Morgan fingerprint density at radius 3 is 2.52 bits per heavy atom. The Bertz CT molecular complexity index is 704. The van der Waals surface area contributed by atoms with Crippen molar-refractivity contribution in [3.63, 3.8) is 0 Å². The minimum atomic E-state index is -1.24. The van der Waals surface area contributed by atoms with Gasteiger partial charge in [0.25, 0.3) is 0 Å². The number of halogens is 1. The fourth-order valence-corrected chi connectivity index (χ4v) is 1.62. The lowest BCUT2D eigenvalue weighted by atomic mass is 10.2. The van der Waals surface area contributed by atoms with E-state index in [9.17, 15) is 14.0 Å². The normalized spacial score (nSPS) is 10.0. The summed E-state index contributed by atoms with van der Waals surface area (Å²) in [6.45, 7) is 1.79. The molecule has 2 rings (SSSR count). The molecule has 0 spiro atoms. The standard InChI is InChI=1S/C14H12FN3O3/c1-8-4-5-16-7-12(8)18-14(21)17-11-3-2-9(13(19)20)6-10(11)15/h2-7H,1H3,(H,19,20)(H2,17,18,21). The second kappa shape index (κ2) is 6.00. The topological polar surface area (TPSA) is 91.3 Å². The van der Waals surface area contributed by atoms with Crippen molar-refractivity contribution in [2.45, 2.75) is 6.92 Å². The van der Waals surface area contributed by atoms with Crippen molar-refractivity contribution in [3.05, 3.63) is 53.6 Å². The molecule has 21 heavy (non-hydrogen) atoms. The molecule has 2 amide bonds. The van der Waals surface area contributed by atoms with Gasteiger partial charge < -0.3 is 15.7 Å². The molecule has 3 N–H and O–H groups in total. The van der Waals surface area contributed by atoms with E-state index in [-0.39, 0.29) is 11.3 Å². The Labute approximate surface area is 119 Å². The van der Waals surface area contributed by atoms with E-state index in [1.807, 2.05) is 0 Å². The van der Waals surface area contributed by atoms with E-state index in [0.29, 0.717) is 5.69 Å². The molecular weight excluding hydrogens is 277 g/mol. The minimum absolute atomic E-state index is 0.112. The first kappa shape index (κ1) is 14.4. The van der Waals surface area contributed by atoms with Crippen molar-refractivity contribution < 1.29 is 19.1 Å². The summed E-state index contributed by atoms with van der Waals surface area (Å²) in [6, 6.07) is 4.31. The number of hydrogen-bond donors (Lipinski definition) is 3. The highest BCUT2D eigenvalue weighted by Crippen LogP contribution is 2.17. The van der Waals surface area contributed by atoms with E-state index in [2.05, 4.69) is 15.6 Å². The summed E-state index contributed by atoms with van der Waals surface area (Å²) >= 11 is 0. The van der Waals surface area contributed by atoms with Crippen LogP contribution in [0.2, 0.25) is 0 Å². The molecule has 0 aliphatic heterocycles. The highest BCUT2D eigenvalue weighted by atomic mass is 19.1.